The van der Waals surface area contributed by atoms with Crippen LogP contribution in [0.1, 0.15) is 26.3 Å². The monoisotopic (exact) mass is 455 g/mol. The van der Waals surface area contributed by atoms with Crippen molar-refractivity contribution in [2.24, 2.45) is 0 Å². The summed E-state index contributed by atoms with van der Waals surface area (Å²) in [7, 11) is -0.356. The Morgan fingerprint density at radius 2 is 1.62 bits per heavy atom. The highest BCUT2D eigenvalue weighted by atomic mass is 32.2. The van der Waals surface area contributed by atoms with E-state index in [1.165, 1.54) is 35.2 Å². The first kappa shape index (κ1) is 22.1. The molecule has 1 aliphatic heterocycles. The Balaban J connectivity index is 1.74. The summed E-state index contributed by atoms with van der Waals surface area (Å²) in [5, 5.41) is 0.590. The molecule has 0 radical (unpaired) electrons. The lowest BCUT2D eigenvalue weighted by atomic mass is 9.94. The Hall–Kier alpha value is -3.14. The predicted octanol–water partition coefficient (Wildman–Crippen LogP) is 2.62. The molecule has 3 aromatic carbocycles. The fraction of sp³-hybridized carbons (Fsp3) is 0.217. The van der Waals surface area contributed by atoms with Gasteiger partial charge in [-0.15, -0.1) is 0 Å². The maximum Gasteiger partial charge on any atom is 0.261 e. The van der Waals surface area contributed by atoms with Gasteiger partial charge in [0.1, 0.15) is 5.82 Å². The number of halogens is 1. The quantitative estimate of drug-likeness (QED) is 0.554. The number of likely N-dealkylation sites (N-methyl/N-ethyl adjacent to an activating group) is 1. The average molecular weight is 456 g/mol. The number of hydrogen-bond donors (Lipinski definition) is 1. The molecule has 32 heavy (non-hydrogen) atoms. The zero-order valence-corrected chi connectivity index (χ0v) is 18.4. The summed E-state index contributed by atoms with van der Waals surface area (Å²) in [6, 6.07) is 13.4. The molecular weight excluding hydrogens is 433 g/mol. The molecule has 0 aromatic heterocycles. The minimum absolute atomic E-state index is 0.0724. The van der Waals surface area contributed by atoms with Gasteiger partial charge in [0.05, 0.1) is 4.90 Å². The molecule has 0 spiro atoms. The summed E-state index contributed by atoms with van der Waals surface area (Å²) >= 11 is 0. The van der Waals surface area contributed by atoms with Gasteiger partial charge < -0.3 is 4.90 Å². The first-order valence-corrected chi connectivity index (χ1v) is 11.5. The highest BCUT2D eigenvalue weighted by Gasteiger charge is 2.34. The molecule has 7 nitrogen and oxygen atoms in total. The molecular formula is C23H22FN3O4S. The van der Waals surface area contributed by atoms with Crippen LogP contribution in [0.2, 0.25) is 0 Å². The number of sulfonamides is 1. The van der Waals surface area contributed by atoms with Crippen molar-refractivity contribution in [3.8, 4) is 0 Å². The third kappa shape index (κ3) is 3.90. The maximum absolute atomic E-state index is 13.9. The number of rotatable bonds is 7. The minimum atomic E-state index is -4.05. The molecule has 3 aromatic rings. The lowest BCUT2D eigenvalue weighted by molar-refractivity contribution is 0.0601. The van der Waals surface area contributed by atoms with Crippen molar-refractivity contribution in [3.05, 3.63) is 77.1 Å². The number of hydrogen-bond acceptors (Lipinski definition) is 5. The van der Waals surface area contributed by atoms with Gasteiger partial charge in [-0.05, 0) is 38.4 Å². The molecule has 2 amide bonds. The molecule has 1 heterocycles. The first-order chi connectivity index (χ1) is 15.2. The molecule has 1 aliphatic rings. The third-order valence-corrected chi connectivity index (χ3v) is 6.88. The molecule has 166 valence electrons. The van der Waals surface area contributed by atoms with Crippen LogP contribution < -0.4 is 4.72 Å². The van der Waals surface area contributed by atoms with Crippen LogP contribution in [0.5, 0.6) is 0 Å². The number of carbonyl (C=O) groups excluding carboxylic acids is 2. The lowest BCUT2D eigenvalue weighted by Gasteiger charge is -2.28. The zero-order chi connectivity index (χ0) is 23.0. The fourth-order valence-electron chi connectivity index (χ4n) is 3.75. The van der Waals surface area contributed by atoms with Crippen molar-refractivity contribution in [1.29, 1.82) is 0 Å². The first-order valence-electron chi connectivity index (χ1n) is 10.0. The van der Waals surface area contributed by atoms with E-state index in [0.29, 0.717) is 11.9 Å². The second-order valence-corrected chi connectivity index (χ2v) is 9.56. The highest BCUT2D eigenvalue weighted by molar-refractivity contribution is 7.89. The number of amides is 2. The Morgan fingerprint density at radius 1 is 0.938 bits per heavy atom. The molecule has 0 fully saturated rings. The summed E-state index contributed by atoms with van der Waals surface area (Å²) in [4.78, 5) is 29.0. The van der Waals surface area contributed by atoms with E-state index in [1.54, 1.807) is 24.3 Å². The number of nitrogens with zero attached hydrogens (tertiary/aromatic N) is 2. The molecule has 0 aliphatic carbocycles. The van der Waals surface area contributed by atoms with Crippen LogP contribution in [0.15, 0.2) is 59.5 Å². The average Bonchev–Trinajstić information content (AvgIpc) is 2.76. The van der Waals surface area contributed by atoms with E-state index in [9.17, 15) is 22.4 Å². The van der Waals surface area contributed by atoms with Gasteiger partial charge in [0.2, 0.25) is 10.0 Å². The highest BCUT2D eigenvalue weighted by Crippen LogP contribution is 2.34. The Labute approximate surface area is 185 Å². The second-order valence-electron chi connectivity index (χ2n) is 7.82. The minimum Gasteiger partial charge on any atom is -0.308 e. The topological polar surface area (TPSA) is 86.8 Å². The van der Waals surface area contributed by atoms with E-state index in [2.05, 4.69) is 4.72 Å². The van der Waals surface area contributed by atoms with Crippen LogP contribution in [-0.2, 0) is 16.6 Å². The number of carbonyl (C=O) groups is 2. The predicted molar refractivity (Wildman–Crippen MR) is 118 cm³/mol. The van der Waals surface area contributed by atoms with Crippen molar-refractivity contribution < 1.29 is 22.4 Å². The molecule has 0 saturated heterocycles. The van der Waals surface area contributed by atoms with Gasteiger partial charge in [-0.25, -0.2) is 17.5 Å². The summed E-state index contributed by atoms with van der Waals surface area (Å²) in [5.41, 5.74) is 0.768. The third-order valence-electron chi connectivity index (χ3n) is 5.42. The Morgan fingerprint density at radius 3 is 2.31 bits per heavy atom. The summed E-state index contributed by atoms with van der Waals surface area (Å²) in [6.07, 6.45) is 0. The standard InChI is InChI=1S/C23H22FN3O4S/c1-26(2)12-13-27-22(28)17-8-5-7-16-20(11-10-18(21(16)17)23(27)29)32(30,31)25-14-15-6-3-4-9-19(15)24/h3-11,25H,12-14H2,1-2H3. The van der Waals surface area contributed by atoms with Crippen LogP contribution >= 0.6 is 0 Å². The molecule has 4 rings (SSSR count). The molecule has 0 saturated carbocycles. The van der Waals surface area contributed by atoms with Gasteiger partial charge in [0, 0.05) is 47.1 Å². The second kappa shape index (κ2) is 8.42. The Kier molecular flexibility index (Phi) is 5.81. The van der Waals surface area contributed by atoms with E-state index in [1.807, 2.05) is 19.0 Å². The fourth-order valence-corrected chi connectivity index (χ4v) is 4.96. The van der Waals surface area contributed by atoms with Gasteiger partial charge in [0.25, 0.3) is 11.8 Å². The van der Waals surface area contributed by atoms with Gasteiger partial charge in [0.15, 0.2) is 0 Å². The van der Waals surface area contributed by atoms with Crippen molar-refractivity contribution in [3.63, 3.8) is 0 Å². The van der Waals surface area contributed by atoms with Crippen LogP contribution in [0.3, 0.4) is 0 Å². The zero-order valence-electron chi connectivity index (χ0n) is 17.6. The van der Waals surface area contributed by atoms with Crippen LogP contribution in [-0.4, -0.2) is 57.2 Å². The summed E-state index contributed by atoms with van der Waals surface area (Å²) in [5.74, 6) is -1.42. The molecule has 9 heteroatoms. The normalized spacial score (nSPS) is 13.9. The molecule has 0 atom stereocenters. The summed E-state index contributed by atoms with van der Waals surface area (Å²) in [6.45, 7) is 0.508. The molecule has 0 bridgehead atoms. The van der Waals surface area contributed by atoms with Gasteiger partial charge in [-0.3, -0.25) is 14.5 Å². The molecule has 0 unspecified atom stereocenters. The van der Waals surface area contributed by atoms with E-state index in [0.717, 1.165) is 0 Å². The van der Waals surface area contributed by atoms with E-state index in [4.69, 9.17) is 0 Å². The van der Waals surface area contributed by atoms with E-state index in [-0.39, 0.29) is 40.1 Å². The van der Waals surface area contributed by atoms with Crippen molar-refractivity contribution >= 4 is 32.6 Å². The number of nitrogens with one attached hydrogen (secondary N) is 1. The smallest absolute Gasteiger partial charge is 0.261 e. The van der Waals surface area contributed by atoms with Crippen LogP contribution in [0.25, 0.3) is 10.8 Å². The van der Waals surface area contributed by atoms with Crippen molar-refractivity contribution in [1.82, 2.24) is 14.5 Å². The van der Waals surface area contributed by atoms with E-state index < -0.39 is 27.7 Å². The van der Waals surface area contributed by atoms with Crippen LogP contribution in [0.4, 0.5) is 4.39 Å². The largest absolute Gasteiger partial charge is 0.308 e. The van der Waals surface area contributed by atoms with Gasteiger partial charge >= 0.3 is 0 Å². The maximum atomic E-state index is 13.9. The summed E-state index contributed by atoms with van der Waals surface area (Å²) < 4.78 is 42.4. The molecule has 1 N–H and O–H groups in total. The van der Waals surface area contributed by atoms with Crippen LogP contribution in [0, 0.1) is 5.82 Å². The Bertz CT molecular complexity index is 1320. The number of imide groups is 1. The van der Waals surface area contributed by atoms with Gasteiger partial charge in [-0.2, -0.15) is 0 Å². The SMILES string of the molecule is CN(C)CCN1C(=O)c2cccc3c(S(=O)(=O)NCc4ccccc4F)ccc(c23)C1=O. The number of benzene rings is 3. The lowest BCUT2D eigenvalue weighted by Crippen LogP contribution is -2.43. The van der Waals surface area contributed by atoms with E-state index >= 15 is 0 Å². The van der Waals surface area contributed by atoms with Crippen molar-refractivity contribution in [2.75, 3.05) is 27.2 Å². The van der Waals surface area contributed by atoms with Gasteiger partial charge in [-0.1, -0.05) is 30.3 Å². The van der Waals surface area contributed by atoms with Crippen molar-refractivity contribution in [2.45, 2.75) is 11.4 Å².